The lowest BCUT2D eigenvalue weighted by Crippen LogP contribution is -2.32. The van der Waals surface area contributed by atoms with Crippen molar-refractivity contribution in [3.63, 3.8) is 0 Å². The molecule has 0 atom stereocenters. The third-order valence-corrected chi connectivity index (χ3v) is 3.89. The predicted molar refractivity (Wildman–Crippen MR) is 104 cm³/mol. The van der Waals surface area contributed by atoms with Crippen molar-refractivity contribution in [2.45, 2.75) is 6.92 Å². The van der Waals surface area contributed by atoms with Gasteiger partial charge in [-0.3, -0.25) is 4.79 Å². The summed E-state index contributed by atoms with van der Waals surface area (Å²) in [5.74, 6) is 0.0523. The van der Waals surface area contributed by atoms with Crippen molar-refractivity contribution in [2.75, 3.05) is 39.6 Å². The molecule has 0 unspecified atom stereocenters. The number of aryl methyl sites for hydroxylation is 1. The van der Waals surface area contributed by atoms with Crippen LogP contribution in [0, 0.1) is 6.92 Å². The summed E-state index contributed by atoms with van der Waals surface area (Å²) in [6, 6.07) is 6.23. The molecule has 0 radical (unpaired) electrons. The van der Waals surface area contributed by atoms with Gasteiger partial charge in [-0.25, -0.2) is 14.8 Å². The number of aromatic nitrogens is 2. The van der Waals surface area contributed by atoms with Crippen molar-refractivity contribution in [2.24, 2.45) is 0 Å². The van der Waals surface area contributed by atoms with Gasteiger partial charge in [0, 0.05) is 19.2 Å². The standard InChI is InChI=1S/C18H22ClN5O3/c1-11-21-15(17(25)20-7-8-24(2)3)10-16(22-11)23-14-9-12(18(26)27-4)5-6-13(14)19/h5-6,9-10H,7-8H2,1-4H3,(H,20,25)(H,21,22,23). The summed E-state index contributed by atoms with van der Waals surface area (Å²) in [4.78, 5) is 34.4. The molecule has 2 N–H and O–H groups in total. The molecule has 0 aliphatic carbocycles. The van der Waals surface area contributed by atoms with Crippen LogP contribution in [0.15, 0.2) is 24.3 Å². The van der Waals surface area contributed by atoms with E-state index in [1.165, 1.54) is 13.2 Å². The number of benzene rings is 1. The van der Waals surface area contributed by atoms with E-state index in [1.807, 2.05) is 19.0 Å². The van der Waals surface area contributed by atoms with Crippen LogP contribution >= 0.6 is 11.6 Å². The quantitative estimate of drug-likeness (QED) is 0.699. The molecule has 0 aliphatic heterocycles. The molecule has 1 amide bonds. The lowest BCUT2D eigenvalue weighted by molar-refractivity contribution is 0.0600. The van der Waals surface area contributed by atoms with E-state index in [2.05, 4.69) is 20.6 Å². The molecule has 0 saturated carbocycles. The number of carbonyl (C=O) groups is 2. The minimum atomic E-state index is -0.477. The molecule has 2 rings (SSSR count). The number of hydrogen-bond donors (Lipinski definition) is 2. The fraction of sp³-hybridized carbons (Fsp3) is 0.333. The normalized spacial score (nSPS) is 10.6. The zero-order chi connectivity index (χ0) is 20.0. The van der Waals surface area contributed by atoms with Gasteiger partial charge in [0.05, 0.1) is 23.4 Å². The molecular formula is C18H22ClN5O3. The van der Waals surface area contributed by atoms with Gasteiger partial charge in [-0.1, -0.05) is 11.6 Å². The number of rotatable bonds is 7. The first-order chi connectivity index (χ1) is 12.8. The first-order valence-corrected chi connectivity index (χ1v) is 8.61. The van der Waals surface area contributed by atoms with Crippen LogP contribution in [0.1, 0.15) is 26.7 Å². The van der Waals surface area contributed by atoms with Crippen molar-refractivity contribution in [1.29, 1.82) is 0 Å². The van der Waals surface area contributed by atoms with Crippen molar-refractivity contribution < 1.29 is 14.3 Å². The molecular weight excluding hydrogens is 370 g/mol. The number of hydrogen-bond acceptors (Lipinski definition) is 7. The molecule has 2 aromatic rings. The summed E-state index contributed by atoms with van der Waals surface area (Å²) >= 11 is 6.19. The molecule has 9 heteroatoms. The highest BCUT2D eigenvalue weighted by atomic mass is 35.5. The summed E-state index contributed by atoms with van der Waals surface area (Å²) in [6.07, 6.45) is 0. The van der Waals surface area contributed by atoms with Crippen LogP contribution in [0.25, 0.3) is 0 Å². The summed E-state index contributed by atoms with van der Waals surface area (Å²) in [7, 11) is 5.16. The molecule has 0 saturated heterocycles. The Hall–Kier alpha value is -2.71. The van der Waals surface area contributed by atoms with E-state index in [0.29, 0.717) is 34.5 Å². The minimum absolute atomic E-state index is 0.240. The second-order valence-electron chi connectivity index (χ2n) is 6.06. The number of esters is 1. The van der Waals surface area contributed by atoms with E-state index < -0.39 is 5.97 Å². The van der Waals surface area contributed by atoms with Crippen molar-refractivity contribution in [3.8, 4) is 0 Å². The maximum absolute atomic E-state index is 12.3. The molecule has 0 fully saturated rings. The maximum atomic E-state index is 12.3. The Labute approximate surface area is 162 Å². The van der Waals surface area contributed by atoms with Crippen LogP contribution in [0.2, 0.25) is 5.02 Å². The summed E-state index contributed by atoms with van der Waals surface area (Å²) in [5.41, 5.74) is 1.05. The van der Waals surface area contributed by atoms with E-state index in [4.69, 9.17) is 16.3 Å². The van der Waals surface area contributed by atoms with Crippen LogP contribution in [-0.2, 0) is 4.74 Å². The number of halogens is 1. The molecule has 144 valence electrons. The Bertz CT molecular complexity index is 842. The Morgan fingerprint density at radius 1 is 1.22 bits per heavy atom. The highest BCUT2D eigenvalue weighted by Gasteiger charge is 2.13. The number of likely N-dealkylation sites (N-methyl/N-ethyl adjacent to an activating group) is 1. The lowest BCUT2D eigenvalue weighted by Gasteiger charge is -2.12. The van der Waals surface area contributed by atoms with E-state index in [9.17, 15) is 9.59 Å². The highest BCUT2D eigenvalue weighted by molar-refractivity contribution is 6.33. The average Bonchev–Trinajstić information content (AvgIpc) is 2.62. The topological polar surface area (TPSA) is 96.4 Å². The van der Waals surface area contributed by atoms with Crippen molar-refractivity contribution in [3.05, 3.63) is 46.4 Å². The summed E-state index contributed by atoms with van der Waals surface area (Å²) in [6.45, 7) is 2.91. The fourth-order valence-corrected chi connectivity index (χ4v) is 2.40. The van der Waals surface area contributed by atoms with E-state index in [0.717, 1.165) is 6.54 Å². The number of ether oxygens (including phenoxy) is 1. The zero-order valence-corrected chi connectivity index (χ0v) is 16.4. The van der Waals surface area contributed by atoms with Gasteiger partial charge in [0.2, 0.25) is 0 Å². The Morgan fingerprint density at radius 3 is 2.63 bits per heavy atom. The van der Waals surface area contributed by atoms with Crippen LogP contribution in [0.4, 0.5) is 11.5 Å². The first kappa shape index (κ1) is 20.6. The first-order valence-electron chi connectivity index (χ1n) is 8.23. The molecule has 0 bridgehead atoms. The molecule has 8 nitrogen and oxygen atoms in total. The summed E-state index contributed by atoms with van der Waals surface area (Å²) in [5, 5.41) is 6.23. The van der Waals surface area contributed by atoms with Gasteiger partial charge in [-0.15, -0.1) is 0 Å². The number of methoxy groups -OCH3 is 1. The van der Waals surface area contributed by atoms with Crippen molar-refractivity contribution >= 4 is 35.0 Å². The molecule has 0 aliphatic rings. The third kappa shape index (κ3) is 5.90. The van der Waals surface area contributed by atoms with Gasteiger partial charge in [-0.05, 0) is 39.2 Å². The maximum Gasteiger partial charge on any atom is 0.337 e. The molecule has 27 heavy (non-hydrogen) atoms. The fourth-order valence-electron chi connectivity index (χ4n) is 2.24. The van der Waals surface area contributed by atoms with Gasteiger partial charge < -0.3 is 20.3 Å². The molecule has 0 spiro atoms. The Balaban J connectivity index is 2.21. The lowest BCUT2D eigenvalue weighted by atomic mass is 10.2. The highest BCUT2D eigenvalue weighted by Crippen LogP contribution is 2.26. The number of nitrogens with one attached hydrogen (secondary N) is 2. The zero-order valence-electron chi connectivity index (χ0n) is 15.7. The second kappa shape index (κ2) is 9.29. The minimum Gasteiger partial charge on any atom is -0.465 e. The number of anilines is 2. The second-order valence-corrected chi connectivity index (χ2v) is 6.46. The van der Waals surface area contributed by atoms with Gasteiger partial charge in [0.1, 0.15) is 17.3 Å². The Morgan fingerprint density at radius 2 is 1.96 bits per heavy atom. The van der Waals surface area contributed by atoms with Gasteiger partial charge >= 0.3 is 5.97 Å². The average molecular weight is 392 g/mol. The number of amides is 1. The van der Waals surface area contributed by atoms with Gasteiger partial charge in [-0.2, -0.15) is 0 Å². The van der Waals surface area contributed by atoms with Gasteiger partial charge in [0.25, 0.3) is 5.91 Å². The van der Waals surface area contributed by atoms with E-state index >= 15 is 0 Å². The van der Waals surface area contributed by atoms with Gasteiger partial charge in [0.15, 0.2) is 0 Å². The van der Waals surface area contributed by atoms with Crippen molar-refractivity contribution in [1.82, 2.24) is 20.2 Å². The molecule has 1 aromatic heterocycles. The predicted octanol–water partition coefficient (Wildman–Crippen LogP) is 2.26. The van der Waals surface area contributed by atoms with Crippen LogP contribution < -0.4 is 10.6 Å². The van der Waals surface area contributed by atoms with Crippen LogP contribution in [0.5, 0.6) is 0 Å². The monoisotopic (exact) mass is 391 g/mol. The molecule has 1 aromatic carbocycles. The number of carbonyl (C=O) groups excluding carboxylic acids is 2. The third-order valence-electron chi connectivity index (χ3n) is 3.57. The number of nitrogens with zero attached hydrogens (tertiary/aromatic N) is 3. The smallest absolute Gasteiger partial charge is 0.337 e. The SMILES string of the molecule is COC(=O)c1ccc(Cl)c(Nc2cc(C(=O)NCCN(C)C)nc(C)n2)c1. The summed E-state index contributed by atoms with van der Waals surface area (Å²) < 4.78 is 4.71. The van der Waals surface area contributed by atoms with Crippen LogP contribution in [0.3, 0.4) is 0 Å². The van der Waals surface area contributed by atoms with E-state index in [1.54, 1.807) is 25.1 Å². The van der Waals surface area contributed by atoms with E-state index in [-0.39, 0.29) is 11.6 Å². The largest absolute Gasteiger partial charge is 0.465 e. The molecule has 1 heterocycles. The Kier molecular flexibility index (Phi) is 7.09. The van der Waals surface area contributed by atoms with Crippen LogP contribution in [-0.4, -0.2) is 61.0 Å².